The predicted molar refractivity (Wildman–Crippen MR) is 107 cm³/mol. The Bertz CT molecular complexity index is 867. The maximum atomic E-state index is 13.6. The Balaban J connectivity index is 1.39. The quantitative estimate of drug-likeness (QED) is 0.722. The summed E-state index contributed by atoms with van der Waals surface area (Å²) in [5.74, 6) is -1.61. The Labute approximate surface area is 168 Å². The van der Waals surface area contributed by atoms with Gasteiger partial charge in [0.2, 0.25) is 5.91 Å². The molecule has 1 fully saturated rings. The van der Waals surface area contributed by atoms with Gasteiger partial charge in [0.05, 0.1) is 12.1 Å². The Hall–Kier alpha value is -3.42. The van der Waals surface area contributed by atoms with Crippen molar-refractivity contribution in [3.05, 3.63) is 66.0 Å². The van der Waals surface area contributed by atoms with Crippen LogP contribution in [0.2, 0.25) is 0 Å². The second-order valence-corrected chi connectivity index (χ2v) is 6.79. The maximum Gasteiger partial charge on any atom is 0.321 e. The fourth-order valence-corrected chi connectivity index (χ4v) is 3.13. The standard InChI is InChI=1S/C21H23FN4O3/c22-18-9-5-4-8-17(18)20(28)23-14-19(27)24-16-10-12-26(13-11-16)21(29)25-15-6-2-1-3-7-15/h1-9,16H,10-14H2,(H,23,28)(H,24,27)(H,25,29). The number of hydrogen-bond donors (Lipinski definition) is 3. The van der Waals surface area contributed by atoms with E-state index in [0.717, 1.165) is 5.69 Å². The molecule has 1 aliphatic heterocycles. The summed E-state index contributed by atoms with van der Waals surface area (Å²) < 4.78 is 13.6. The smallest absolute Gasteiger partial charge is 0.321 e. The molecule has 3 N–H and O–H groups in total. The number of benzene rings is 2. The van der Waals surface area contributed by atoms with Crippen molar-refractivity contribution >= 4 is 23.5 Å². The molecule has 1 saturated heterocycles. The van der Waals surface area contributed by atoms with Crippen molar-refractivity contribution in [2.75, 3.05) is 25.0 Å². The molecular weight excluding hydrogens is 375 g/mol. The van der Waals surface area contributed by atoms with E-state index in [9.17, 15) is 18.8 Å². The number of urea groups is 1. The SMILES string of the molecule is O=C(CNC(=O)c1ccccc1F)NC1CCN(C(=O)Nc2ccccc2)CC1. The summed E-state index contributed by atoms with van der Waals surface area (Å²) in [4.78, 5) is 38.0. The fourth-order valence-electron chi connectivity index (χ4n) is 3.13. The molecule has 2 aromatic carbocycles. The van der Waals surface area contributed by atoms with Crippen molar-refractivity contribution in [3.8, 4) is 0 Å². The summed E-state index contributed by atoms with van der Waals surface area (Å²) in [7, 11) is 0. The third kappa shape index (κ3) is 5.78. The van der Waals surface area contributed by atoms with Crippen LogP contribution in [0.5, 0.6) is 0 Å². The minimum absolute atomic E-state index is 0.0753. The number of anilines is 1. The van der Waals surface area contributed by atoms with Crippen LogP contribution in [0.15, 0.2) is 54.6 Å². The van der Waals surface area contributed by atoms with Crippen molar-refractivity contribution in [1.82, 2.24) is 15.5 Å². The third-order valence-electron chi connectivity index (χ3n) is 4.70. The van der Waals surface area contributed by atoms with Gasteiger partial charge < -0.3 is 20.9 Å². The lowest BCUT2D eigenvalue weighted by atomic mass is 10.1. The summed E-state index contributed by atoms with van der Waals surface area (Å²) in [6, 6.07) is 14.6. The Morgan fingerprint density at radius 2 is 1.62 bits per heavy atom. The number of likely N-dealkylation sites (tertiary alicyclic amines) is 1. The minimum atomic E-state index is -0.634. The van der Waals surface area contributed by atoms with E-state index in [1.165, 1.54) is 18.2 Å². The molecular formula is C21H23FN4O3. The topological polar surface area (TPSA) is 90.5 Å². The highest BCUT2D eigenvalue weighted by molar-refractivity contribution is 5.96. The molecule has 0 spiro atoms. The van der Waals surface area contributed by atoms with Crippen LogP contribution in [0.25, 0.3) is 0 Å². The first-order valence-electron chi connectivity index (χ1n) is 9.46. The van der Waals surface area contributed by atoms with Gasteiger partial charge in [0.25, 0.3) is 5.91 Å². The van der Waals surface area contributed by atoms with Gasteiger partial charge in [-0.1, -0.05) is 30.3 Å². The lowest BCUT2D eigenvalue weighted by molar-refractivity contribution is -0.121. The largest absolute Gasteiger partial charge is 0.352 e. The predicted octanol–water partition coefficient (Wildman–Crippen LogP) is 2.37. The zero-order chi connectivity index (χ0) is 20.6. The summed E-state index contributed by atoms with van der Waals surface area (Å²) in [5.41, 5.74) is 0.636. The molecule has 8 heteroatoms. The molecule has 2 aromatic rings. The van der Waals surface area contributed by atoms with Gasteiger partial charge >= 0.3 is 6.03 Å². The number of halogens is 1. The molecule has 29 heavy (non-hydrogen) atoms. The van der Waals surface area contributed by atoms with Crippen molar-refractivity contribution in [3.63, 3.8) is 0 Å². The fraction of sp³-hybridized carbons (Fsp3) is 0.286. The van der Waals surface area contributed by atoms with E-state index in [4.69, 9.17) is 0 Å². The number of nitrogens with one attached hydrogen (secondary N) is 3. The van der Waals surface area contributed by atoms with Crippen LogP contribution in [-0.2, 0) is 4.79 Å². The summed E-state index contributed by atoms with van der Waals surface area (Å²) >= 11 is 0. The number of amides is 4. The second kappa shape index (κ2) is 9.68. The molecule has 0 aromatic heterocycles. The second-order valence-electron chi connectivity index (χ2n) is 6.79. The molecule has 0 saturated carbocycles. The Morgan fingerprint density at radius 3 is 2.31 bits per heavy atom. The van der Waals surface area contributed by atoms with Crippen LogP contribution in [0.3, 0.4) is 0 Å². The lowest BCUT2D eigenvalue weighted by Gasteiger charge is -2.32. The number of para-hydroxylation sites is 1. The van der Waals surface area contributed by atoms with E-state index in [-0.39, 0.29) is 30.1 Å². The first kappa shape index (κ1) is 20.3. The summed E-state index contributed by atoms with van der Waals surface area (Å²) in [5, 5.41) is 8.10. The van der Waals surface area contributed by atoms with Crippen LogP contribution in [0, 0.1) is 5.82 Å². The average Bonchev–Trinajstić information content (AvgIpc) is 2.73. The van der Waals surface area contributed by atoms with Crippen molar-refractivity contribution < 1.29 is 18.8 Å². The Morgan fingerprint density at radius 1 is 0.966 bits per heavy atom. The molecule has 0 aliphatic carbocycles. The molecule has 7 nitrogen and oxygen atoms in total. The van der Waals surface area contributed by atoms with E-state index in [2.05, 4.69) is 16.0 Å². The van der Waals surface area contributed by atoms with Crippen LogP contribution in [-0.4, -0.2) is 48.4 Å². The van der Waals surface area contributed by atoms with Gasteiger partial charge in [-0.15, -0.1) is 0 Å². The van der Waals surface area contributed by atoms with Gasteiger partial charge in [-0.2, -0.15) is 0 Å². The number of piperidine rings is 1. The van der Waals surface area contributed by atoms with E-state index >= 15 is 0 Å². The van der Waals surface area contributed by atoms with E-state index in [1.54, 1.807) is 11.0 Å². The van der Waals surface area contributed by atoms with E-state index in [0.29, 0.717) is 25.9 Å². The normalized spacial score (nSPS) is 14.2. The molecule has 4 amide bonds. The monoisotopic (exact) mass is 398 g/mol. The highest BCUT2D eigenvalue weighted by Crippen LogP contribution is 2.13. The Kier molecular flexibility index (Phi) is 6.78. The van der Waals surface area contributed by atoms with Gasteiger partial charge in [-0.3, -0.25) is 9.59 Å². The molecule has 0 bridgehead atoms. The lowest BCUT2D eigenvalue weighted by Crippen LogP contribution is -2.49. The van der Waals surface area contributed by atoms with E-state index in [1.807, 2.05) is 30.3 Å². The highest BCUT2D eigenvalue weighted by atomic mass is 19.1. The first-order chi connectivity index (χ1) is 14.0. The molecule has 0 atom stereocenters. The zero-order valence-corrected chi connectivity index (χ0v) is 15.9. The third-order valence-corrected chi connectivity index (χ3v) is 4.70. The van der Waals surface area contributed by atoms with Crippen LogP contribution >= 0.6 is 0 Å². The zero-order valence-electron chi connectivity index (χ0n) is 15.9. The van der Waals surface area contributed by atoms with Crippen LogP contribution in [0.4, 0.5) is 14.9 Å². The van der Waals surface area contributed by atoms with Crippen molar-refractivity contribution in [2.45, 2.75) is 18.9 Å². The number of carbonyl (C=O) groups is 3. The summed E-state index contributed by atoms with van der Waals surface area (Å²) in [6.45, 7) is 0.804. The molecule has 152 valence electrons. The number of nitrogens with zero attached hydrogens (tertiary/aromatic N) is 1. The molecule has 0 unspecified atom stereocenters. The van der Waals surface area contributed by atoms with Gasteiger partial charge in [-0.05, 0) is 37.1 Å². The number of hydrogen-bond acceptors (Lipinski definition) is 3. The van der Waals surface area contributed by atoms with Crippen LogP contribution < -0.4 is 16.0 Å². The maximum absolute atomic E-state index is 13.6. The molecule has 1 aliphatic rings. The molecule has 0 radical (unpaired) electrons. The minimum Gasteiger partial charge on any atom is -0.352 e. The van der Waals surface area contributed by atoms with Gasteiger partial charge in [-0.25, -0.2) is 9.18 Å². The molecule has 3 rings (SSSR count). The van der Waals surface area contributed by atoms with E-state index < -0.39 is 11.7 Å². The van der Waals surface area contributed by atoms with Crippen LogP contribution in [0.1, 0.15) is 23.2 Å². The van der Waals surface area contributed by atoms with Crippen molar-refractivity contribution in [1.29, 1.82) is 0 Å². The molecule has 1 heterocycles. The highest BCUT2D eigenvalue weighted by Gasteiger charge is 2.24. The van der Waals surface area contributed by atoms with Gasteiger partial charge in [0.15, 0.2) is 0 Å². The number of carbonyl (C=O) groups excluding carboxylic acids is 3. The van der Waals surface area contributed by atoms with Crippen molar-refractivity contribution in [2.24, 2.45) is 0 Å². The first-order valence-corrected chi connectivity index (χ1v) is 9.46. The summed E-state index contributed by atoms with van der Waals surface area (Å²) in [6.07, 6.45) is 1.24. The van der Waals surface area contributed by atoms with Gasteiger partial charge in [0.1, 0.15) is 5.82 Å². The number of rotatable bonds is 5. The average molecular weight is 398 g/mol. The van der Waals surface area contributed by atoms with Gasteiger partial charge in [0, 0.05) is 24.8 Å².